The summed E-state index contributed by atoms with van der Waals surface area (Å²) in [6.07, 6.45) is 1.53. The van der Waals surface area contributed by atoms with Crippen molar-refractivity contribution in [2.45, 2.75) is 6.54 Å². The Hall–Kier alpha value is -2.57. The van der Waals surface area contributed by atoms with Crippen LogP contribution in [0.3, 0.4) is 0 Å². The van der Waals surface area contributed by atoms with Crippen LogP contribution in [-0.4, -0.2) is 22.3 Å². The van der Waals surface area contributed by atoms with Crippen molar-refractivity contribution in [1.29, 1.82) is 0 Å². The molecule has 0 fully saturated rings. The molecule has 0 unspecified atom stereocenters. The van der Waals surface area contributed by atoms with Crippen molar-refractivity contribution in [1.82, 2.24) is 15.2 Å². The Kier molecular flexibility index (Phi) is 5.53. The Balaban J connectivity index is 1.66. The number of ether oxygens (including phenoxy) is 1. The van der Waals surface area contributed by atoms with Crippen molar-refractivity contribution < 1.29 is 4.74 Å². The Bertz CT molecular complexity index is 858. The number of hydrogen-bond acceptors (Lipinski definition) is 6. The van der Waals surface area contributed by atoms with Gasteiger partial charge in [-0.1, -0.05) is 35.3 Å². The average Bonchev–Trinajstić information content (AvgIpc) is 2.62. The van der Waals surface area contributed by atoms with Gasteiger partial charge in [0.15, 0.2) is 5.82 Å². The highest BCUT2D eigenvalue weighted by atomic mass is 35.5. The molecule has 2 N–H and O–H groups in total. The fraction of sp³-hybridized carbons (Fsp3) is 0.118. The molecule has 0 amide bonds. The van der Waals surface area contributed by atoms with E-state index in [0.717, 1.165) is 11.3 Å². The Morgan fingerprint density at radius 2 is 1.88 bits per heavy atom. The van der Waals surface area contributed by atoms with E-state index in [4.69, 9.17) is 27.9 Å². The van der Waals surface area contributed by atoms with Gasteiger partial charge in [-0.25, -0.2) is 0 Å². The molecule has 3 aromatic rings. The smallest absolute Gasteiger partial charge is 0.244 e. The van der Waals surface area contributed by atoms with E-state index in [9.17, 15) is 0 Å². The molecule has 0 saturated carbocycles. The van der Waals surface area contributed by atoms with Gasteiger partial charge >= 0.3 is 0 Å². The minimum Gasteiger partial charge on any atom is -0.495 e. The van der Waals surface area contributed by atoms with Gasteiger partial charge in [0.1, 0.15) is 5.75 Å². The van der Waals surface area contributed by atoms with E-state index in [1.54, 1.807) is 19.2 Å². The number of methoxy groups -OCH3 is 1. The molecule has 1 heterocycles. The van der Waals surface area contributed by atoms with Gasteiger partial charge in [-0.3, -0.25) is 0 Å². The third kappa shape index (κ3) is 4.71. The first-order valence-corrected chi connectivity index (χ1v) is 8.18. The molecule has 8 heteroatoms. The third-order valence-electron chi connectivity index (χ3n) is 3.35. The van der Waals surface area contributed by atoms with Crippen molar-refractivity contribution in [3.05, 3.63) is 64.3 Å². The van der Waals surface area contributed by atoms with Crippen LogP contribution in [-0.2, 0) is 6.54 Å². The Morgan fingerprint density at radius 1 is 1.08 bits per heavy atom. The molecule has 0 saturated heterocycles. The van der Waals surface area contributed by atoms with E-state index < -0.39 is 0 Å². The van der Waals surface area contributed by atoms with Gasteiger partial charge in [0.05, 0.1) is 18.3 Å². The number of halogens is 2. The van der Waals surface area contributed by atoms with Crippen molar-refractivity contribution >= 4 is 40.7 Å². The molecule has 1 aromatic heterocycles. The molecule has 0 bridgehead atoms. The molecular weight excluding hydrogens is 361 g/mol. The molecular formula is C17H15Cl2N5O. The minimum atomic E-state index is 0.416. The summed E-state index contributed by atoms with van der Waals surface area (Å²) in [6, 6.07) is 12.9. The molecule has 128 valence electrons. The Labute approximate surface area is 155 Å². The number of hydrogen-bond donors (Lipinski definition) is 2. The second-order valence-electron chi connectivity index (χ2n) is 5.12. The summed E-state index contributed by atoms with van der Waals surface area (Å²) < 4.78 is 5.13. The molecule has 0 aliphatic heterocycles. The number of rotatable bonds is 6. The summed E-state index contributed by atoms with van der Waals surface area (Å²) in [5.41, 5.74) is 1.84. The molecule has 2 aromatic carbocycles. The van der Waals surface area contributed by atoms with Gasteiger partial charge in [0, 0.05) is 17.3 Å². The maximum Gasteiger partial charge on any atom is 0.244 e. The first-order chi connectivity index (χ1) is 12.1. The molecule has 0 spiro atoms. The largest absolute Gasteiger partial charge is 0.495 e. The molecule has 0 aliphatic carbocycles. The summed E-state index contributed by atoms with van der Waals surface area (Å²) in [7, 11) is 1.57. The fourth-order valence-corrected chi connectivity index (χ4v) is 2.50. The standard InChI is InChI=1S/C17H15Cl2N5O/c1-25-15-7-6-13(8-14(15)19)22-16-10-21-24-17(23-16)20-9-11-2-4-12(18)5-3-11/h2-8,10H,9H2,1H3,(H2,20,22,23,24). The first kappa shape index (κ1) is 17.3. The number of nitrogens with zero attached hydrogens (tertiary/aromatic N) is 3. The van der Waals surface area contributed by atoms with Gasteiger partial charge in [0.2, 0.25) is 5.95 Å². The van der Waals surface area contributed by atoms with E-state index in [-0.39, 0.29) is 0 Å². The van der Waals surface area contributed by atoms with Crippen LogP contribution >= 0.6 is 23.2 Å². The Morgan fingerprint density at radius 3 is 2.60 bits per heavy atom. The highest BCUT2D eigenvalue weighted by molar-refractivity contribution is 6.32. The summed E-state index contributed by atoms with van der Waals surface area (Å²) in [5.74, 6) is 1.58. The van der Waals surface area contributed by atoms with Crippen LogP contribution in [0.25, 0.3) is 0 Å². The summed E-state index contributed by atoms with van der Waals surface area (Å²) in [5, 5.41) is 15.4. The second kappa shape index (κ2) is 8.00. The number of aromatic nitrogens is 3. The number of nitrogens with one attached hydrogen (secondary N) is 2. The summed E-state index contributed by atoms with van der Waals surface area (Å²) in [6.45, 7) is 0.566. The van der Waals surface area contributed by atoms with E-state index in [2.05, 4.69) is 25.8 Å². The van der Waals surface area contributed by atoms with Crippen molar-refractivity contribution in [3.63, 3.8) is 0 Å². The van der Waals surface area contributed by atoms with Crippen molar-refractivity contribution in [3.8, 4) is 5.75 Å². The van der Waals surface area contributed by atoms with Gasteiger partial charge in [0.25, 0.3) is 0 Å². The van der Waals surface area contributed by atoms with Crippen LogP contribution in [0.4, 0.5) is 17.5 Å². The topological polar surface area (TPSA) is 72.0 Å². The predicted molar refractivity (Wildman–Crippen MR) is 99.9 cm³/mol. The van der Waals surface area contributed by atoms with E-state index in [1.807, 2.05) is 30.3 Å². The zero-order valence-electron chi connectivity index (χ0n) is 13.3. The summed E-state index contributed by atoms with van der Waals surface area (Å²) >= 11 is 12.0. The van der Waals surface area contributed by atoms with E-state index in [1.165, 1.54) is 6.20 Å². The van der Waals surface area contributed by atoms with Gasteiger partial charge < -0.3 is 15.4 Å². The second-order valence-corrected chi connectivity index (χ2v) is 5.96. The van der Waals surface area contributed by atoms with Crippen LogP contribution in [0.5, 0.6) is 5.75 Å². The number of anilines is 3. The van der Waals surface area contributed by atoms with Gasteiger partial charge in [-0.2, -0.15) is 10.1 Å². The fourth-order valence-electron chi connectivity index (χ4n) is 2.11. The number of benzene rings is 2. The lowest BCUT2D eigenvalue weighted by Crippen LogP contribution is -2.06. The van der Waals surface area contributed by atoms with Crippen LogP contribution in [0, 0.1) is 0 Å². The third-order valence-corrected chi connectivity index (χ3v) is 3.89. The highest BCUT2D eigenvalue weighted by Gasteiger charge is 2.05. The predicted octanol–water partition coefficient (Wildman–Crippen LogP) is 4.54. The normalized spacial score (nSPS) is 10.4. The van der Waals surface area contributed by atoms with Crippen molar-refractivity contribution in [2.24, 2.45) is 0 Å². The minimum absolute atomic E-state index is 0.416. The molecule has 3 rings (SSSR count). The lowest BCUT2D eigenvalue weighted by molar-refractivity contribution is 0.415. The first-order valence-electron chi connectivity index (χ1n) is 7.42. The monoisotopic (exact) mass is 375 g/mol. The lowest BCUT2D eigenvalue weighted by Gasteiger charge is -2.09. The SMILES string of the molecule is COc1ccc(Nc2cnnc(NCc3ccc(Cl)cc3)n2)cc1Cl. The molecule has 0 radical (unpaired) electrons. The zero-order valence-corrected chi connectivity index (χ0v) is 14.8. The van der Waals surface area contributed by atoms with Gasteiger partial charge in [-0.15, -0.1) is 5.10 Å². The van der Waals surface area contributed by atoms with Gasteiger partial charge in [-0.05, 0) is 35.9 Å². The van der Waals surface area contributed by atoms with Crippen LogP contribution in [0.2, 0.25) is 10.0 Å². The highest BCUT2D eigenvalue weighted by Crippen LogP contribution is 2.28. The lowest BCUT2D eigenvalue weighted by atomic mass is 10.2. The van der Waals surface area contributed by atoms with E-state index >= 15 is 0 Å². The van der Waals surface area contributed by atoms with Crippen LogP contribution < -0.4 is 15.4 Å². The van der Waals surface area contributed by atoms with Crippen LogP contribution in [0.15, 0.2) is 48.7 Å². The molecule has 0 atom stereocenters. The quantitative estimate of drug-likeness (QED) is 0.658. The molecule has 0 aliphatic rings. The zero-order chi connectivity index (χ0) is 17.6. The van der Waals surface area contributed by atoms with E-state index in [0.29, 0.717) is 34.1 Å². The van der Waals surface area contributed by atoms with Crippen molar-refractivity contribution in [2.75, 3.05) is 17.7 Å². The van der Waals surface area contributed by atoms with Crippen LogP contribution in [0.1, 0.15) is 5.56 Å². The summed E-state index contributed by atoms with van der Waals surface area (Å²) in [4.78, 5) is 4.38. The average molecular weight is 376 g/mol. The molecule has 6 nitrogen and oxygen atoms in total. The molecule has 25 heavy (non-hydrogen) atoms. The maximum atomic E-state index is 6.12. The maximum absolute atomic E-state index is 6.12.